The van der Waals surface area contributed by atoms with Crippen LogP contribution >= 0.6 is 0 Å². The van der Waals surface area contributed by atoms with Crippen molar-refractivity contribution in [2.75, 3.05) is 6.26 Å². The van der Waals surface area contributed by atoms with Gasteiger partial charge in [-0.05, 0) is 36.7 Å². The fourth-order valence-electron chi connectivity index (χ4n) is 1.81. The summed E-state index contributed by atoms with van der Waals surface area (Å²) in [6, 6.07) is 9.11. The lowest BCUT2D eigenvalue weighted by Gasteiger charge is -2.06. The molecule has 2 aromatic rings. The molecule has 0 radical (unpaired) electrons. The average Bonchev–Trinajstić information content (AvgIpc) is 2.51. The minimum absolute atomic E-state index is 0.0407. The first-order chi connectivity index (χ1) is 11.1. The molecule has 0 spiro atoms. The Bertz CT molecular complexity index is 843. The van der Waals surface area contributed by atoms with Gasteiger partial charge in [0.1, 0.15) is 0 Å². The highest BCUT2D eigenvalue weighted by atomic mass is 32.2. The molecule has 110 valence electrons. The fraction of sp³-hybridized carbons (Fsp3) is 0.200. The predicted octanol–water partition coefficient (Wildman–Crippen LogP) is 2.21. The Morgan fingerprint density at radius 1 is 1.29 bits per heavy atom. The van der Waals surface area contributed by atoms with Gasteiger partial charge in [0.05, 0.1) is 10.6 Å². The molecule has 1 aromatic heterocycles. The molecule has 0 unspecified atom stereocenters. The first kappa shape index (κ1) is 11.4. The Kier molecular flexibility index (Phi) is 3.30. The Morgan fingerprint density at radius 2 is 2.00 bits per heavy atom. The van der Waals surface area contributed by atoms with Gasteiger partial charge < -0.3 is 5.21 Å². The second kappa shape index (κ2) is 6.05. The van der Waals surface area contributed by atoms with Crippen molar-refractivity contribution in [3.05, 3.63) is 59.4 Å². The number of aromatic nitrogens is 1. The minimum atomic E-state index is -3.27. The summed E-state index contributed by atoms with van der Waals surface area (Å²) in [5.74, 6) is 0. The molecule has 1 aromatic carbocycles. The molecular formula is C15H16N2O3S. The Labute approximate surface area is 128 Å². The number of benzene rings is 1. The van der Waals surface area contributed by atoms with Crippen LogP contribution in [-0.2, 0) is 16.3 Å². The molecule has 0 fully saturated rings. The van der Waals surface area contributed by atoms with Crippen molar-refractivity contribution in [2.24, 2.45) is 5.16 Å². The van der Waals surface area contributed by atoms with Crippen LogP contribution in [-0.4, -0.2) is 30.6 Å². The smallest absolute Gasteiger partial charge is 0.175 e. The van der Waals surface area contributed by atoms with E-state index in [-0.39, 0.29) is 17.0 Å². The Balaban J connectivity index is 2.21. The average molecular weight is 307 g/mol. The molecule has 0 aliphatic rings. The molecule has 0 saturated carbocycles. The largest absolute Gasteiger partial charge is 0.411 e. The van der Waals surface area contributed by atoms with Crippen LogP contribution in [0.25, 0.3) is 0 Å². The van der Waals surface area contributed by atoms with E-state index < -0.39 is 16.7 Å². The Hall–Kier alpha value is -2.21. The van der Waals surface area contributed by atoms with Gasteiger partial charge >= 0.3 is 0 Å². The van der Waals surface area contributed by atoms with Gasteiger partial charge in [-0.1, -0.05) is 17.3 Å². The molecule has 21 heavy (non-hydrogen) atoms. The summed E-state index contributed by atoms with van der Waals surface area (Å²) in [5, 5.41) is 12.4. The summed E-state index contributed by atoms with van der Waals surface area (Å²) in [6.07, 6.45) is 2.71. The van der Waals surface area contributed by atoms with Crippen LogP contribution in [0.2, 0.25) is 0 Å². The molecule has 0 amide bonds. The van der Waals surface area contributed by atoms with Crippen molar-refractivity contribution in [3.8, 4) is 0 Å². The minimum Gasteiger partial charge on any atom is -0.411 e. The zero-order valence-corrected chi connectivity index (χ0v) is 12.1. The van der Waals surface area contributed by atoms with Crippen molar-refractivity contribution in [3.63, 3.8) is 0 Å². The zero-order valence-electron chi connectivity index (χ0n) is 14.3. The standard InChI is InChI=1S/C15H16N2O3S/c1-11-3-6-13(10-16-11)15(17-18)9-12-4-7-14(8-5-12)21(2,19)20/h3-8,10,18H,9H2,1-2H3/b17-15-/i1D3. The quantitative estimate of drug-likeness (QED) is 0.533. The lowest BCUT2D eigenvalue weighted by Crippen LogP contribution is -2.06. The van der Waals surface area contributed by atoms with E-state index in [1.165, 1.54) is 30.5 Å². The number of sulfone groups is 1. The first-order valence-corrected chi connectivity index (χ1v) is 7.97. The summed E-state index contributed by atoms with van der Waals surface area (Å²) in [7, 11) is -3.27. The van der Waals surface area contributed by atoms with Crippen LogP contribution in [0.3, 0.4) is 0 Å². The monoisotopic (exact) mass is 307 g/mol. The SMILES string of the molecule is [2H]C([2H])([2H])c1ccc(/C(Cc2ccc(S(C)(=O)=O)cc2)=N\O)cn1. The summed E-state index contributed by atoms with van der Waals surface area (Å²) >= 11 is 0. The Morgan fingerprint density at radius 3 is 2.48 bits per heavy atom. The maximum atomic E-state index is 11.4. The number of rotatable bonds is 4. The maximum Gasteiger partial charge on any atom is 0.175 e. The molecule has 1 N–H and O–H groups in total. The van der Waals surface area contributed by atoms with Crippen molar-refractivity contribution < 1.29 is 17.7 Å². The highest BCUT2D eigenvalue weighted by molar-refractivity contribution is 7.90. The third kappa shape index (κ3) is 3.88. The predicted molar refractivity (Wildman–Crippen MR) is 80.6 cm³/mol. The van der Waals surface area contributed by atoms with Crippen LogP contribution in [0.15, 0.2) is 52.6 Å². The van der Waals surface area contributed by atoms with Gasteiger partial charge in [0.25, 0.3) is 0 Å². The van der Waals surface area contributed by atoms with Crippen molar-refractivity contribution in [2.45, 2.75) is 18.2 Å². The first-order valence-electron chi connectivity index (χ1n) is 7.58. The van der Waals surface area contributed by atoms with Crippen LogP contribution in [0, 0.1) is 6.85 Å². The van der Waals surface area contributed by atoms with Gasteiger partial charge in [-0.25, -0.2) is 8.42 Å². The van der Waals surface area contributed by atoms with Gasteiger partial charge in [-0.3, -0.25) is 4.98 Å². The summed E-state index contributed by atoms with van der Waals surface area (Å²) in [5.41, 5.74) is 1.49. The summed E-state index contributed by atoms with van der Waals surface area (Å²) < 4.78 is 44.7. The molecule has 0 atom stereocenters. The summed E-state index contributed by atoms with van der Waals surface area (Å²) in [4.78, 5) is 4.08. The third-order valence-electron chi connectivity index (χ3n) is 2.94. The fourth-order valence-corrected chi connectivity index (χ4v) is 2.44. The van der Waals surface area contributed by atoms with E-state index in [0.29, 0.717) is 11.3 Å². The topological polar surface area (TPSA) is 79.6 Å². The molecular weight excluding hydrogens is 288 g/mol. The second-order valence-corrected chi connectivity index (χ2v) is 6.59. The van der Waals surface area contributed by atoms with E-state index in [0.717, 1.165) is 11.8 Å². The molecule has 6 heteroatoms. The summed E-state index contributed by atoms with van der Waals surface area (Å²) in [6.45, 7) is -2.30. The number of hydrogen-bond acceptors (Lipinski definition) is 5. The zero-order chi connectivity index (χ0) is 18.0. The van der Waals surface area contributed by atoms with Crippen molar-refractivity contribution in [1.29, 1.82) is 0 Å². The highest BCUT2D eigenvalue weighted by Crippen LogP contribution is 2.13. The number of hydrogen-bond donors (Lipinski definition) is 1. The van der Waals surface area contributed by atoms with Crippen LogP contribution < -0.4 is 0 Å². The molecule has 0 aliphatic carbocycles. The van der Waals surface area contributed by atoms with E-state index in [9.17, 15) is 13.6 Å². The molecule has 0 aliphatic heterocycles. The van der Waals surface area contributed by atoms with E-state index >= 15 is 0 Å². The van der Waals surface area contributed by atoms with Gasteiger partial charge in [-0.2, -0.15) is 0 Å². The highest BCUT2D eigenvalue weighted by Gasteiger charge is 2.09. The number of pyridine rings is 1. The van der Waals surface area contributed by atoms with E-state index in [1.807, 2.05) is 0 Å². The van der Waals surface area contributed by atoms with Gasteiger partial charge in [0, 0.05) is 34.2 Å². The number of aryl methyl sites for hydroxylation is 1. The van der Waals surface area contributed by atoms with E-state index in [2.05, 4.69) is 10.1 Å². The van der Waals surface area contributed by atoms with E-state index in [4.69, 9.17) is 4.11 Å². The second-order valence-electron chi connectivity index (χ2n) is 4.57. The van der Waals surface area contributed by atoms with Crippen molar-refractivity contribution >= 4 is 15.5 Å². The number of nitrogens with zero attached hydrogens (tertiary/aromatic N) is 2. The van der Waals surface area contributed by atoms with Crippen LogP contribution in [0.4, 0.5) is 0 Å². The van der Waals surface area contributed by atoms with Crippen molar-refractivity contribution in [1.82, 2.24) is 4.98 Å². The molecule has 5 nitrogen and oxygen atoms in total. The van der Waals surface area contributed by atoms with Gasteiger partial charge in [0.15, 0.2) is 9.84 Å². The molecule has 2 rings (SSSR count). The molecule has 1 heterocycles. The van der Waals surface area contributed by atoms with Gasteiger partial charge in [0.2, 0.25) is 0 Å². The number of oxime groups is 1. The molecule has 0 saturated heterocycles. The van der Waals surface area contributed by atoms with Crippen LogP contribution in [0.1, 0.15) is 20.9 Å². The molecule has 0 bridgehead atoms. The maximum absolute atomic E-state index is 11.4. The lowest BCUT2D eigenvalue weighted by atomic mass is 10.0. The normalized spacial score (nSPS) is 15.1. The lowest BCUT2D eigenvalue weighted by molar-refractivity contribution is 0.318. The van der Waals surface area contributed by atoms with Gasteiger partial charge in [-0.15, -0.1) is 0 Å². The third-order valence-corrected chi connectivity index (χ3v) is 4.07. The van der Waals surface area contributed by atoms with Crippen LogP contribution in [0.5, 0.6) is 0 Å². The van der Waals surface area contributed by atoms with E-state index in [1.54, 1.807) is 12.1 Å².